The molecule has 2 unspecified atom stereocenters. The average Bonchev–Trinajstić information content (AvgIpc) is 1.87. The van der Waals surface area contributed by atoms with Crippen LogP contribution in [-0.4, -0.2) is 16.7 Å². The fraction of sp³-hybridized carbons (Fsp3) is 0.500. The normalized spacial score (nSPS) is 15.8. The summed E-state index contributed by atoms with van der Waals surface area (Å²) in [6.07, 6.45) is 1.40. The largest absolute Gasteiger partial charge is 0.481 e. The molecule has 3 nitrogen and oxygen atoms in total. The molecule has 0 bridgehead atoms. The topological polar surface area (TPSA) is 46.5 Å². The van der Waals surface area contributed by atoms with Crippen molar-refractivity contribution in [2.45, 2.75) is 18.9 Å². The van der Waals surface area contributed by atoms with E-state index in [0.717, 1.165) is 0 Å². The zero-order valence-corrected chi connectivity index (χ0v) is 6.99. The Hall–Kier alpha value is -0.400. The third-order valence-corrected chi connectivity index (χ3v) is 1.74. The van der Waals surface area contributed by atoms with Crippen molar-refractivity contribution in [2.75, 3.05) is 0 Å². The molecule has 0 aliphatic heterocycles. The quantitative estimate of drug-likeness (QED) is 0.499. The number of rotatable bonds is 4. The van der Waals surface area contributed by atoms with Crippen molar-refractivity contribution >= 4 is 15.4 Å². The molecule has 0 fully saturated rings. The van der Waals surface area contributed by atoms with Crippen LogP contribution in [0, 0.1) is 0 Å². The van der Waals surface area contributed by atoms with Gasteiger partial charge in [-0.1, -0.05) is 6.08 Å². The van der Waals surface area contributed by atoms with Gasteiger partial charge in [-0.05, 0) is 6.92 Å². The van der Waals surface area contributed by atoms with Crippen LogP contribution in [0.3, 0.4) is 0 Å². The van der Waals surface area contributed by atoms with Gasteiger partial charge >= 0.3 is 5.97 Å². The lowest BCUT2D eigenvalue weighted by atomic mass is 10.0. The molecule has 0 heterocycles. The number of carboxylic acid groups (broad SMARTS) is 1. The lowest BCUT2D eigenvalue weighted by molar-refractivity contribution is -0.139. The SMILES string of the molecule is C=CC(C)(CC(=O)O)OP. The summed E-state index contributed by atoms with van der Waals surface area (Å²) in [6, 6.07) is 0. The highest BCUT2D eigenvalue weighted by Gasteiger charge is 2.22. The monoisotopic (exact) mass is 162 g/mol. The van der Waals surface area contributed by atoms with Gasteiger partial charge in [0, 0.05) is 9.47 Å². The van der Waals surface area contributed by atoms with Crippen LogP contribution in [0.5, 0.6) is 0 Å². The molecule has 0 aliphatic rings. The highest BCUT2D eigenvalue weighted by molar-refractivity contribution is 7.09. The number of carbonyl (C=O) groups is 1. The lowest BCUT2D eigenvalue weighted by Crippen LogP contribution is -2.25. The Bertz CT molecular complexity index is 146. The Labute approximate surface area is 62.4 Å². The van der Waals surface area contributed by atoms with E-state index in [0.29, 0.717) is 0 Å². The molecule has 0 aromatic heterocycles. The molecule has 0 amide bonds. The summed E-state index contributed by atoms with van der Waals surface area (Å²) in [7, 11) is 2.02. The molecule has 0 spiro atoms. The minimum absolute atomic E-state index is 0.0694. The van der Waals surface area contributed by atoms with Crippen LogP contribution < -0.4 is 0 Å². The Morgan fingerprint density at radius 2 is 2.50 bits per heavy atom. The van der Waals surface area contributed by atoms with Crippen molar-refractivity contribution in [1.29, 1.82) is 0 Å². The molecule has 58 valence electrons. The minimum Gasteiger partial charge on any atom is -0.481 e. The standard InChI is InChI=1S/C6H11O3P/c1-3-6(2,9-10)4-5(7)8/h3H,1,4,10H2,2H3,(H,7,8). The zero-order chi connectivity index (χ0) is 8.20. The molecule has 2 atom stereocenters. The lowest BCUT2D eigenvalue weighted by Gasteiger charge is -2.20. The Balaban J connectivity index is 4.05. The summed E-state index contributed by atoms with van der Waals surface area (Å²) in [5.41, 5.74) is -0.767. The maximum absolute atomic E-state index is 10.2. The molecule has 0 aliphatic carbocycles. The fourth-order valence-corrected chi connectivity index (χ4v) is 0.642. The third kappa shape index (κ3) is 2.95. The first-order valence-electron chi connectivity index (χ1n) is 2.77. The second-order valence-electron chi connectivity index (χ2n) is 2.21. The number of carboxylic acids is 1. The molecule has 0 aromatic carbocycles. The molecule has 1 N–H and O–H groups in total. The van der Waals surface area contributed by atoms with Gasteiger partial charge in [0.15, 0.2) is 0 Å². The number of hydrogen-bond acceptors (Lipinski definition) is 2. The van der Waals surface area contributed by atoms with Gasteiger partial charge < -0.3 is 9.63 Å². The van der Waals surface area contributed by atoms with E-state index in [4.69, 9.17) is 9.63 Å². The highest BCUT2D eigenvalue weighted by atomic mass is 31.0. The molecular formula is C6H11O3P. The van der Waals surface area contributed by atoms with Gasteiger partial charge in [-0.2, -0.15) is 0 Å². The second-order valence-corrected chi connectivity index (χ2v) is 2.44. The second kappa shape index (κ2) is 3.69. The van der Waals surface area contributed by atoms with Crippen molar-refractivity contribution in [3.05, 3.63) is 12.7 Å². The first-order chi connectivity index (χ1) is 4.54. The Morgan fingerprint density at radius 3 is 2.60 bits per heavy atom. The van der Waals surface area contributed by atoms with E-state index in [1.54, 1.807) is 6.92 Å². The maximum atomic E-state index is 10.2. The Kier molecular flexibility index (Phi) is 3.54. The van der Waals surface area contributed by atoms with Crippen molar-refractivity contribution in [2.24, 2.45) is 0 Å². The van der Waals surface area contributed by atoms with Gasteiger partial charge in [-0.25, -0.2) is 0 Å². The van der Waals surface area contributed by atoms with Gasteiger partial charge in [-0.3, -0.25) is 4.79 Å². The van der Waals surface area contributed by atoms with E-state index >= 15 is 0 Å². The summed E-state index contributed by atoms with van der Waals surface area (Å²) in [5, 5.41) is 8.37. The summed E-state index contributed by atoms with van der Waals surface area (Å²) in [4.78, 5) is 10.2. The van der Waals surface area contributed by atoms with E-state index < -0.39 is 11.6 Å². The molecule has 0 rings (SSSR count). The van der Waals surface area contributed by atoms with Crippen LogP contribution in [0.2, 0.25) is 0 Å². The summed E-state index contributed by atoms with van der Waals surface area (Å²) in [6.45, 7) is 5.11. The third-order valence-electron chi connectivity index (χ3n) is 1.20. The van der Waals surface area contributed by atoms with E-state index in [1.807, 2.05) is 9.47 Å². The predicted octanol–water partition coefficient (Wildman–Crippen LogP) is 1.21. The first-order valence-corrected chi connectivity index (χ1v) is 3.24. The molecule has 0 saturated heterocycles. The molecule has 0 saturated carbocycles. The average molecular weight is 162 g/mol. The number of aliphatic carboxylic acids is 1. The van der Waals surface area contributed by atoms with Crippen LogP contribution in [0.25, 0.3) is 0 Å². The van der Waals surface area contributed by atoms with Gasteiger partial charge in [-0.15, -0.1) is 6.58 Å². The Morgan fingerprint density at radius 1 is 2.00 bits per heavy atom. The van der Waals surface area contributed by atoms with E-state index in [9.17, 15) is 4.79 Å². The van der Waals surface area contributed by atoms with E-state index in [-0.39, 0.29) is 6.42 Å². The zero-order valence-electron chi connectivity index (χ0n) is 5.83. The highest BCUT2D eigenvalue weighted by Crippen LogP contribution is 2.19. The van der Waals surface area contributed by atoms with Crippen molar-refractivity contribution in [3.63, 3.8) is 0 Å². The molecule has 4 heteroatoms. The summed E-state index contributed by atoms with van der Waals surface area (Å²) in [5.74, 6) is -0.898. The van der Waals surface area contributed by atoms with Crippen LogP contribution in [-0.2, 0) is 9.32 Å². The fourth-order valence-electron chi connectivity index (χ4n) is 0.462. The smallest absolute Gasteiger partial charge is 0.306 e. The predicted molar refractivity (Wildman–Crippen MR) is 41.6 cm³/mol. The van der Waals surface area contributed by atoms with E-state index in [2.05, 4.69) is 6.58 Å². The first kappa shape index (κ1) is 9.60. The molecular weight excluding hydrogens is 151 g/mol. The minimum atomic E-state index is -0.898. The molecule has 0 radical (unpaired) electrons. The summed E-state index contributed by atoms with van der Waals surface area (Å²) >= 11 is 0. The van der Waals surface area contributed by atoms with Gasteiger partial charge in [0.05, 0.1) is 12.0 Å². The molecule has 10 heavy (non-hydrogen) atoms. The van der Waals surface area contributed by atoms with Crippen LogP contribution in [0.1, 0.15) is 13.3 Å². The van der Waals surface area contributed by atoms with Gasteiger partial charge in [0.2, 0.25) is 0 Å². The van der Waals surface area contributed by atoms with Gasteiger partial charge in [0.1, 0.15) is 0 Å². The molecule has 0 aromatic rings. The van der Waals surface area contributed by atoms with Crippen molar-refractivity contribution < 1.29 is 14.4 Å². The van der Waals surface area contributed by atoms with Crippen molar-refractivity contribution in [3.8, 4) is 0 Å². The van der Waals surface area contributed by atoms with E-state index in [1.165, 1.54) is 6.08 Å². The maximum Gasteiger partial charge on any atom is 0.306 e. The summed E-state index contributed by atoms with van der Waals surface area (Å²) < 4.78 is 4.82. The van der Waals surface area contributed by atoms with Crippen molar-refractivity contribution in [1.82, 2.24) is 0 Å². The van der Waals surface area contributed by atoms with Gasteiger partial charge in [0.25, 0.3) is 0 Å². The van der Waals surface area contributed by atoms with Crippen LogP contribution in [0.4, 0.5) is 0 Å². The number of hydrogen-bond donors (Lipinski definition) is 1. The van der Waals surface area contributed by atoms with Crippen LogP contribution >= 0.6 is 9.47 Å². The van der Waals surface area contributed by atoms with Crippen LogP contribution in [0.15, 0.2) is 12.7 Å².